The van der Waals surface area contributed by atoms with E-state index in [-0.39, 0.29) is 5.91 Å². The number of amides is 1. The fraction of sp³-hybridized carbons (Fsp3) is 0.500. The maximum Gasteiger partial charge on any atom is 0.227 e. The second kappa shape index (κ2) is 8.44. The van der Waals surface area contributed by atoms with Crippen LogP contribution in [0.3, 0.4) is 0 Å². The summed E-state index contributed by atoms with van der Waals surface area (Å²) in [7, 11) is 0. The third kappa shape index (κ3) is 4.27. The van der Waals surface area contributed by atoms with Gasteiger partial charge in [-0.25, -0.2) is 0 Å². The van der Waals surface area contributed by atoms with Crippen LogP contribution in [0.2, 0.25) is 0 Å². The number of likely N-dealkylation sites (tertiary alicyclic amines) is 2. The lowest BCUT2D eigenvalue weighted by Crippen LogP contribution is -2.52. The molecule has 2 saturated heterocycles. The van der Waals surface area contributed by atoms with E-state index in [1.165, 1.54) is 18.5 Å². The highest BCUT2D eigenvalue weighted by Crippen LogP contribution is 2.45. The Kier molecular flexibility index (Phi) is 5.77. The molecule has 0 radical (unpaired) electrons. The van der Waals surface area contributed by atoms with E-state index in [0.29, 0.717) is 17.8 Å². The van der Waals surface area contributed by atoms with E-state index < -0.39 is 0 Å². The van der Waals surface area contributed by atoms with Gasteiger partial charge in [0.1, 0.15) is 0 Å². The minimum absolute atomic E-state index is 0.241. The predicted molar refractivity (Wildman–Crippen MR) is 112 cm³/mol. The van der Waals surface area contributed by atoms with Crippen LogP contribution in [0.1, 0.15) is 43.2 Å². The van der Waals surface area contributed by atoms with Crippen molar-refractivity contribution >= 4 is 5.91 Å². The van der Waals surface area contributed by atoms with Crippen molar-refractivity contribution < 1.29 is 4.79 Å². The number of carbonyl (C=O) groups is 1. The van der Waals surface area contributed by atoms with Gasteiger partial charge in [-0.15, -0.1) is 0 Å². The molecular weight excluding hydrogens is 346 g/mol. The smallest absolute Gasteiger partial charge is 0.227 e. The van der Waals surface area contributed by atoms with E-state index in [1.807, 2.05) is 12.1 Å². The van der Waals surface area contributed by atoms with Crippen LogP contribution < -0.4 is 0 Å². The molecule has 2 aliphatic rings. The third-order valence-corrected chi connectivity index (χ3v) is 6.69. The average molecular weight is 378 g/mol. The van der Waals surface area contributed by atoms with E-state index in [9.17, 15) is 4.79 Å². The summed E-state index contributed by atoms with van der Waals surface area (Å²) in [4.78, 5) is 21.6. The predicted octanol–water partition coefficient (Wildman–Crippen LogP) is 3.74. The largest absolute Gasteiger partial charge is 0.342 e. The van der Waals surface area contributed by atoms with Gasteiger partial charge in [0.15, 0.2) is 0 Å². The van der Waals surface area contributed by atoms with Crippen molar-refractivity contribution in [2.24, 2.45) is 5.41 Å². The Labute approximate surface area is 168 Å². The Morgan fingerprint density at radius 3 is 2.61 bits per heavy atom. The molecule has 4 nitrogen and oxygen atoms in total. The summed E-state index contributed by atoms with van der Waals surface area (Å²) in [6, 6.07) is 14.9. The number of hydrogen-bond acceptors (Lipinski definition) is 3. The van der Waals surface area contributed by atoms with Crippen LogP contribution in [0, 0.1) is 5.41 Å². The maximum absolute atomic E-state index is 12.7. The Hall–Kier alpha value is -2.20. The van der Waals surface area contributed by atoms with Crippen molar-refractivity contribution in [2.45, 2.75) is 38.5 Å². The van der Waals surface area contributed by atoms with Crippen LogP contribution >= 0.6 is 0 Å². The molecule has 0 saturated carbocycles. The van der Waals surface area contributed by atoms with Gasteiger partial charge in [0.25, 0.3) is 0 Å². The van der Waals surface area contributed by atoms with Crippen molar-refractivity contribution in [2.75, 3.05) is 32.7 Å². The Morgan fingerprint density at radius 2 is 1.93 bits per heavy atom. The van der Waals surface area contributed by atoms with Gasteiger partial charge < -0.3 is 9.80 Å². The molecule has 148 valence electrons. The molecule has 2 aliphatic heterocycles. The summed E-state index contributed by atoms with van der Waals surface area (Å²) in [5.41, 5.74) is 2.82. The first-order chi connectivity index (χ1) is 13.7. The number of nitrogens with zero attached hydrogens (tertiary/aromatic N) is 3. The molecule has 3 heterocycles. The molecule has 1 spiro atoms. The summed E-state index contributed by atoms with van der Waals surface area (Å²) < 4.78 is 0. The van der Waals surface area contributed by atoms with Gasteiger partial charge in [0.05, 0.1) is 6.42 Å². The van der Waals surface area contributed by atoms with Crippen molar-refractivity contribution in [3.63, 3.8) is 0 Å². The van der Waals surface area contributed by atoms with Crippen LogP contribution in [-0.4, -0.2) is 53.4 Å². The van der Waals surface area contributed by atoms with Gasteiger partial charge in [-0.1, -0.05) is 43.3 Å². The highest BCUT2D eigenvalue weighted by molar-refractivity contribution is 5.78. The van der Waals surface area contributed by atoms with E-state index in [1.54, 1.807) is 12.4 Å². The van der Waals surface area contributed by atoms with Gasteiger partial charge >= 0.3 is 0 Å². The Morgan fingerprint density at radius 1 is 1.14 bits per heavy atom. The molecule has 2 aromatic rings. The number of piperidine rings is 2. The lowest BCUT2D eigenvalue weighted by atomic mass is 9.68. The number of rotatable bonds is 4. The first-order valence-electron chi connectivity index (χ1n) is 10.6. The SMILES string of the molecule is CCN1CC(c2ccccc2)CC2(CCN(C(=O)Cc3cccnc3)CC2)C1. The second-order valence-corrected chi connectivity index (χ2v) is 8.56. The molecule has 4 rings (SSSR count). The lowest BCUT2D eigenvalue weighted by Gasteiger charge is -2.50. The molecule has 0 aliphatic carbocycles. The molecule has 1 unspecified atom stereocenters. The molecule has 2 fully saturated rings. The highest BCUT2D eigenvalue weighted by atomic mass is 16.2. The number of benzene rings is 1. The summed E-state index contributed by atoms with van der Waals surface area (Å²) in [6.45, 7) is 7.49. The molecule has 28 heavy (non-hydrogen) atoms. The maximum atomic E-state index is 12.7. The van der Waals surface area contributed by atoms with Crippen LogP contribution in [0.5, 0.6) is 0 Å². The van der Waals surface area contributed by atoms with E-state index >= 15 is 0 Å². The zero-order valence-electron chi connectivity index (χ0n) is 16.9. The number of likely N-dealkylation sites (N-methyl/N-ethyl adjacent to an activating group) is 1. The molecular formula is C24H31N3O. The van der Waals surface area contributed by atoms with Crippen LogP contribution in [0.4, 0.5) is 0 Å². The monoisotopic (exact) mass is 377 g/mol. The summed E-state index contributed by atoms with van der Waals surface area (Å²) in [6.07, 6.45) is 7.50. The number of aromatic nitrogens is 1. The van der Waals surface area contributed by atoms with Crippen LogP contribution in [0.15, 0.2) is 54.9 Å². The van der Waals surface area contributed by atoms with Gasteiger partial charge in [0, 0.05) is 38.6 Å². The van der Waals surface area contributed by atoms with Crippen molar-refractivity contribution in [1.29, 1.82) is 0 Å². The third-order valence-electron chi connectivity index (χ3n) is 6.69. The molecule has 1 aromatic heterocycles. The fourth-order valence-corrected chi connectivity index (χ4v) is 5.07. The normalized spacial score (nSPS) is 22.3. The molecule has 1 aromatic carbocycles. The van der Waals surface area contributed by atoms with Crippen molar-refractivity contribution in [3.05, 3.63) is 66.0 Å². The minimum Gasteiger partial charge on any atom is -0.342 e. The minimum atomic E-state index is 0.241. The van der Waals surface area contributed by atoms with Gasteiger partial charge in [-0.3, -0.25) is 9.78 Å². The summed E-state index contributed by atoms with van der Waals surface area (Å²) in [5, 5.41) is 0. The fourth-order valence-electron chi connectivity index (χ4n) is 5.07. The molecule has 0 N–H and O–H groups in total. The lowest BCUT2D eigenvalue weighted by molar-refractivity contribution is -0.133. The molecule has 4 heteroatoms. The van der Waals surface area contributed by atoms with Crippen molar-refractivity contribution in [3.8, 4) is 0 Å². The first-order valence-corrected chi connectivity index (χ1v) is 10.6. The number of pyridine rings is 1. The summed E-state index contributed by atoms with van der Waals surface area (Å²) >= 11 is 0. The van der Waals surface area contributed by atoms with Gasteiger partial charge in [0.2, 0.25) is 5.91 Å². The van der Waals surface area contributed by atoms with Gasteiger partial charge in [-0.05, 0) is 54.3 Å². The average Bonchev–Trinajstić information content (AvgIpc) is 2.75. The Balaban J connectivity index is 1.41. The molecule has 1 atom stereocenters. The quantitative estimate of drug-likeness (QED) is 0.814. The summed E-state index contributed by atoms with van der Waals surface area (Å²) in [5.74, 6) is 0.846. The second-order valence-electron chi connectivity index (χ2n) is 8.56. The Bertz CT molecular complexity index is 769. The number of hydrogen-bond donors (Lipinski definition) is 0. The van der Waals surface area contributed by atoms with Gasteiger partial charge in [-0.2, -0.15) is 0 Å². The van der Waals surface area contributed by atoms with E-state index in [0.717, 1.165) is 44.6 Å². The van der Waals surface area contributed by atoms with Crippen LogP contribution in [-0.2, 0) is 11.2 Å². The highest BCUT2D eigenvalue weighted by Gasteiger charge is 2.42. The van der Waals surface area contributed by atoms with E-state index in [4.69, 9.17) is 0 Å². The first kappa shape index (κ1) is 19.1. The zero-order valence-corrected chi connectivity index (χ0v) is 16.9. The van der Waals surface area contributed by atoms with Crippen LogP contribution in [0.25, 0.3) is 0 Å². The van der Waals surface area contributed by atoms with Crippen molar-refractivity contribution in [1.82, 2.24) is 14.8 Å². The molecule has 1 amide bonds. The topological polar surface area (TPSA) is 36.4 Å². The zero-order chi connectivity index (χ0) is 19.4. The standard InChI is InChI=1S/C24H31N3O/c1-2-26-18-22(21-8-4-3-5-9-21)16-24(19-26)10-13-27(14-11-24)23(28)15-20-7-6-12-25-17-20/h3-9,12,17,22H,2,10-11,13-16,18-19H2,1H3. The number of carbonyl (C=O) groups excluding carboxylic acids is 1. The van der Waals surface area contributed by atoms with E-state index in [2.05, 4.69) is 52.0 Å². The molecule has 0 bridgehead atoms.